The van der Waals surface area contributed by atoms with E-state index in [1.165, 1.54) is 0 Å². The molecule has 0 saturated carbocycles. The van der Waals surface area contributed by atoms with Gasteiger partial charge in [0.15, 0.2) is 11.5 Å². The number of hydrogen-bond acceptors (Lipinski definition) is 4. The molecule has 1 aromatic rings. The molecule has 1 amide bonds. The molecule has 1 aliphatic rings. The molecule has 5 nitrogen and oxygen atoms in total. The summed E-state index contributed by atoms with van der Waals surface area (Å²) in [7, 11) is 3.24. The lowest BCUT2D eigenvalue weighted by molar-refractivity contribution is -0.131. The summed E-state index contributed by atoms with van der Waals surface area (Å²) in [6.07, 6.45) is 1.26. The van der Waals surface area contributed by atoms with Gasteiger partial charge in [0.1, 0.15) is 0 Å². The Kier molecular flexibility index (Phi) is 5.24. The predicted octanol–water partition coefficient (Wildman–Crippen LogP) is 1.07. The average Bonchev–Trinajstić information content (AvgIpc) is 2.53. The molecule has 0 bridgehead atoms. The molecule has 0 aliphatic carbocycles. The van der Waals surface area contributed by atoms with Crippen molar-refractivity contribution in [2.45, 2.75) is 12.8 Å². The lowest BCUT2D eigenvalue weighted by atomic mass is 10.1. The molecule has 2 rings (SSSR count). The normalized spacial score (nSPS) is 15.0. The van der Waals surface area contributed by atoms with E-state index < -0.39 is 0 Å². The summed E-state index contributed by atoms with van der Waals surface area (Å²) in [6.45, 7) is 3.40. The molecular weight excluding hydrogens is 256 g/mol. The fourth-order valence-corrected chi connectivity index (χ4v) is 2.36. The Hall–Kier alpha value is -1.75. The van der Waals surface area contributed by atoms with Gasteiger partial charge in [-0.05, 0) is 24.1 Å². The maximum atomic E-state index is 12.1. The fraction of sp³-hybridized carbons (Fsp3) is 0.533. The maximum Gasteiger partial charge on any atom is 0.222 e. The van der Waals surface area contributed by atoms with Crippen LogP contribution in [0, 0.1) is 0 Å². The van der Waals surface area contributed by atoms with Crippen molar-refractivity contribution in [1.29, 1.82) is 0 Å². The third kappa shape index (κ3) is 3.63. The highest BCUT2D eigenvalue weighted by molar-refractivity contribution is 5.76. The van der Waals surface area contributed by atoms with Gasteiger partial charge in [-0.3, -0.25) is 4.79 Å². The molecule has 0 unspecified atom stereocenters. The largest absolute Gasteiger partial charge is 0.493 e. The Bertz CT molecular complexity index is 456. The van der Waals surface area contributed by atoms with Crippen LogP contribution in [0.1, 0.15) is 12.0 Å². The van der Waals surface area contributed by atoms with Gasteiger partial charge in [0, 0.05) is 32.6 Å². The quantitative estimate of drug-likeness (QED) is 0.875. The lowest BCUT2D eigenvalue weighted by Crippen LogP contribution is -2.46. The monoisotopic (exact) mass is 278 g/mol. The molecule has 0 aromatic heterocycles. The van der Waals surface area contributed by atoms with Crippen LogP contribution in [0.25, 0.3) is 0 Å². The minimum Gasteiger partial charge on any atom is -0.493 e. The van der Waals surface area contributed by atoms with E-state index in [-0.39, 0.29) is 5.91 Å². The number of amides is 1. The van der Waals surface area contributed by atoms with Gasteiger partial charge in [-0.25, -0.2) is 0 Å². The number of carbonyl (C=O) groups excluding carboxylic acids is 1. The van der Waals surface area contributed by atoms with E-state index in [2.05, 4.69) is 5.32 Å². The number of benzene rings is 1. The van der Waals surface area contributed by atoms with Gasteiger partial charge in [0.2, 0.25) is 5.91 Å². The Labute approximate surface area is 119 Å². The second kappa shape index (κ2) is 7.14. The SMILES string of the molecule is COc1ccc(CCC(=O)N2CCNCC2)cc1OC. The predicted molar refractivity (Wildman–Crippen MR) is 77.3 cm³/mol. The lowest BCUT2D eigenvalue weighted by Gasteiger charge is -2.27. The van der Waals surface area contributed by atoms with Crippen LogP contribution >= 0.6 is 0 Å². The number of hydrogen-bond donors (Lipinski definition) is 1. The summed E-state index contributed by atoms with van der Waals surface area (Å²) in [4.78, 5) is 14.0. The number of methoxy groups -OCH3 is 2. The summed E-state index contributed by atoms with van der Waals surface area (Å²) in [5.74, 6) is 1.64. The molecule has 0 atom stereocenters. The first kappa shape index (κ1) is 14.7. The number of nitrogens with zero attached hydrogens (tertiary/aromatic N) is 1. The van der Waals surface area contributed by atoms with E-state index in [0.717, 1.165) is 38.2 Å². The van der Waals surface area contributed by atoms with Crippen LogP contribution in [0.2, 0.25) is 0 Å². The molecule has 1 aromatic carbocycles. The van der Waals surface area contributed by atoms with Crippen LogP contribution in [-0.2, 0) is 11.2 Å². The molecule has 5 heteroatoms. The van der Waals surface area contributed by atoms with Crippen molar-refractivity contribution in [3.8, 4) is 11.5 Å². The van der Waals surface area contributed by atoms with E-state index >= 15 is 0 Å². The molecule has 1 aliphatic heterocycles. The van der Waals surface area contributed by atoms with E-state index in [0.29, 0.717) is 17.9 Å². The number of piperazine rings is 1. The van der Waals surface area contributed by atoms with Gasteiger partial charge >= 0.3 is 0 Å². The van der Waals surface area contributed by atoms with Crippen LogP contribution in [-0.4, -0.2) is 51.2 Å². The van der Waals surface area contributed by atoms with Gasteiger partial charge in [0.25, 0.3) is 0 Å². The first-order valence-electron chi connectivity index (χ1n) is 6.94. The van der Waals surface area contributed by atoms with Crippen molar-refractivity contribution < 1.29 is 14.3 Å². The highest BCUT2D eigenvalue weighted by Crippen LogP contribution is 2.28. The first-order chi connectivity index (χ1) is 9.74. The maximum absolute atomic E-state index is 12.1. The van der Waals surface area contributed by atoms with Crippen molar-refractivity contribution in [1.82, 2.24) is 10.2 Å². The van der Waals surface area contributed by atoms with Crippen LogP contribution in [0.5, 0.6) is 11.5 Å². The van der Waals surface area contributed by atoms with Crippen LogP contribution in [0.4, 0.5) is 0 Å². The Morgan fingerprint density at radius 3 is 2.55 bits per heavy atom. The molecule has 110 valence electrons. The summed E-state index contributed by atoms with van der Waals surface area (Å²) >= 11 is 0. The highest BCUT2D eigenvalue weighted by Gasteiger charge is 2.16. The zero-order valence-electron chi connectivity index (χ0n) is 12.1. The minimum absolute atomic E-state index is 0.223. The summed E-state index contributed by atoms with van der Waals surface area (Å²) in [5, 5.41) is 3.25. The van der Waals surface area contributed by atoms with Crippen molar-refractivity contribution in [3.63, 3.8) is 0 Å². The second-order valence-corrected chi connectivity index (χ2v) is 4.82. The summed E-state index contributed by atoms with van der Waals surface area (Å²) in [6, 6.07) is 5.79. The number of ether oxygens (including phenoxy) is 2. The molecule has 0 radical (unpaired) electrons. The zero-order chi connectivity index (χ0) is 14.4. The topological polar surface area (TPSA) is 50.8 Å². The van der Waals surface area contributed by atoms with Gasteiger partial charge in [-0.2, -0.15) is 0 Å². The summed E-state index contributed by atoms with van der Waals surface area (Å²) < 4.78 is 10.5. The third-order valence-corrected chi connectivity index (χ3v) is 3.55. The molecule has 1 saturated heterocycles. The van der Waals surface area contributed by atoms with E-state index in [1.54, 1.807) is 14.2 Å². The Morgan fingerprint density at radius 2 is 1.90 bits per heavy atom. The zero-order valence-corrected chi connectivity index (χ0v) is 12.1. The third-order valence-electron chi connectivity index (χ3n) is 3.55. The van der Waals surface area contributed by atoms with Crippen molar-refractivity contribution >= 4 is 5.91 Å². The number of carbonyl (C=O) groups is 1. The standard InChI is InChI=1S/C15H22N2O3/c1-19-13-5-3-12(11-14(13)20-2)4-6-15(18)17-9-7-16-8-10-17/h3,5,11,16H,4,6-10H2,1-2H3. The van der Waals surface area contributed by atoms with Crippen molar-refractivity contribution in [2.75, 3.05) is 40.4 Å². The molecule has 0 spiro atoms. The highest BCUT2D eigenvalue weighted by atomic mass is 16.5. The first-order valence-corrected chi connectivity index (χ1v) is 6.94. The Balaban J connectivity index is 1.91. The average molecular weight is 278 g/mol. The fourth-order valence-electron chi connectivity index (χ4n) is 2.36. The van der Waals surface area contributed by atoms with Gasteiger partial charge in [-0.1, -0.05) is 6.07 Å². The van der Waals surface area contributed by atoms with Crippen molar-refractivity contribution in [3.05, 3.63) is 23.8 Å². The van der Waals surface area contributed by atoms with Crippen LogP contribution < -0.4 is 14.8 Å². The number of nitrogens with one attached hydrogen (secondary N) is 1. The molecule has 20 heavy (non-hydrogen) atoms. The van der Waals surface area contributed by atoms with Crippen molar-refractivity contribution in [2.24, 2.45) is 0 Å². The summed E-state index contributed by atoms with van der Waals surface area (Å²) in [5.41, 5.74) is 1.09. The van der Waals surface area contributed by atoms with Gasteiger partial charge in [-0.15, -0.1) is 0 Å². The molecule has 1 heterocycles. The molecule has 1 fully saturated rings. The second-order valence-electron chi connectivity index (χ2n) is 4.82. The smallest absolute Gasteiger partial charge is 0.222 e. The van der Waals surface area contributed by atoms with Gasteiger partial charge in [0.05, 0.1) is 14.2 Å². The number of rotatable bonds is 5. The minimum atomic E-state index is 0.223. The molecule has 1 N–H and O–H groups in total. The molecular formula is C15H22N2O3. The van der Waals surface area contributed by atoms with E-state index in [1.807, 2.05) is 23.1 Å². The van der Waals surface area contributed by atoms with Gasteiger partial charge < -0.3 is 19.7 Å². The van der Waals surface area contributed by atoms with E-state index in [9.17, 15) is 4.79 Å². The Morgan fingerprint density at radius 1 is 1.20 bits per heavy atom. The van der Waals surface area contributed by atoms with Crippen LogP contribution in [0.3, 0.4) is 0 Å². The van der Waals surface area contributed by atoms with Crippen LogP contribution in [0.15, 0.2) is 18.2 Å². The van der Waals surface area contributed by atoms with E-state index in [4.69, 9.17) is 9.47 Å². The number of aryl methyl sites for hydroxylation is 1.